The molecule has 4 nitrogen and oxygen atoms in total. The monoisotopic (exact) mass is 412 g/mol. The molecule has 0 heterocycles. The van der Waals surface area contributed by atoms with Crippen molar-refractivity contribution in [3.8, 4) is 11.8 Å². The zero-order chi connectivity index (χ0) is 19.3. The van der Waals surface area contributed by atoms with Crippen LogP contribution in [-0.4, -0.2) is 5.84 Å². The molecule has 0 aliphatic carbocycles. The van der Waals surface area contributed by atoms with Crippen molar-refractivity contribution in [1.82, 2.24) is 0 Å². The summed E-state index contributed by atoms with van der Waals surface area (Å²) in [7, 11) is 0. The van der Waals surface area contributed by atoms with E-state index in [4.69, 9.17) is 40.1 Å². The van der Waals surface area contributed by atoms with Gasteiger partial charge in [-0.05, 0) is 42.3 Å². The molecule has 0 amide bonds. The number of hydrogen-bond acceptors (Lipinski definition) is 4. The van der Waals surface area contributed by atoms with Crippen molar-refractivity contribution in [3.63, 3.8) is 0 Å². The third kappa shape index (κ3) is 4.82. The molecule has 0 radical (unpaired) electrons. The van der Waals surface area contributed by atoms with Crippen LogP contribution in [0.3, 0.4) is 0 Å². The van der Waals surface area contributed by atoms with Gasteiger partial charge in [0, 0.05) is 16.1 Å². The second-order valence-electron chi connectivity index (χ2n) is 4.81. The van der Waals surface area contributed by atoms with Gasteiger partial charge in [0.2, 0.25) is 0 Å². The SMILES string of the molecule is N=C(N)/C(C#Cc1c(F)ccc(NSc2cc(Cl)ccc2Cl)c1F)=C\N. The van der Waals surface area contributed by atoms with Crippen molar-refractivity contribution in [1.29, 1.82) is 5.41 Å². The van der Waals surface area contributed by atoms with Crippen LogP contribution >= 0.6 is 35.1 Å². The maximum Gasteiger partial charge on any atom is 0.165 e. The maximum atomic E-state index is 14.6. The van der Waals surface area contributed by atoms with Gasteiger partial charge in [-0.2, -0.15) is 0 Å². The van der Waals surface area contributed by atoms with Crippen molar-refractivity contribution in [2.75, 3.05) is 4.72 Å². The third-order valence-corrected chi connectivity index (χ3v) is 4.59. The van der Waals surface area contributed by atoms with Gasteiger partial charge >= 0.3 is 0 Å². The van der Waals surface area contributed by atoms with Crippen LogP contribution in [0.25, 0.3) is 0 Å². The largest absolute Gasteiger partial charge is 0.403 e. The first-order chi connectivity index (χ1) is 12.3. The molecule has 0 saturated carbocycles. The molecule has 0 aliphatic rings. The van der Waals surface area contributed by atoms with Gasteiger partial charge in [-0.1, -0.05) is 35.0 Å². The lowest BCUT2D eigenvalue weighted by molar-refractivity contribution is 0.580. The van der Waals surface area contributed by atoms with Gasteiger partial charge in [0.15, 0.2) is 5.82 Å². The molecule has 26 heavy (non-hydrogen) atoms. The molecule has 134 valence electrons. The minimum Gasteiger partial charge on any atom is -0.403 e. The highest BCUT2D eigenvalue weighted by molar-refractivity contribution is 8.00. The van der Waals surface area contributed by atoms with Crippen LogP contribution in [0, 0.1) is 28.9 Å². The molecule has 0 atom stereocenters. The van der Waals surface area contributed by atoms with Crippen LogP contribution in [0.5, 0.6) is 0 Å². The molecule has 0 bridgehead atoms. The molecular weight excluding hydrogens is 401 g/mol. The van der Waals surface area contributed by atoms with Gasteiger partial charge in [-0.3, -0.25) is 5.41 Å². The fraction of sp³-hybridized carbons (Fsp3) is 0. The van der Waals surface area contributed by atoms with E-state index in [1.54, 1.807) is 18.2 Å². The van der Waals surface area contributed by atoms with Gasteiger partial charge in [0.25, 0.3) is 0 Å². The molecule has 0 fully saturated rings. The summed E-state index contributed by atoms with van der Waals surface area (Å²) in [6.45, 7) is 0. The maximum absolute atomic E-state index is 14.6. The number of amidine groups is 1. The van der Waals surface area contributed by atoms with Crippen LogP contribution in [0.1, 0.15) is 5.56 Å². The topological polar surface area (TPSA) is 87.9 Å². The van der Waals surface area contributed by atoms with Crippen LogP contribution in [0.2, 0.25) is 10.0 Å². The summed E-state index contributed by atoms with van der Waals surface area (Å²) >= 11 is 13.0. The summed E-state index contributed by atoms with van der Waals surface area (Å²) in [6.07, 6.45) is 0.990. The number of hydrogen-bond donors (Lipinski definition) is 4. The second kappa shape index (κ2) is 8.81. The second-order valence-corrected chi connectivity index (χ2v) is 6.50. The Kier molecular flexibility index (Phi) is 6.75. The molecular formula is C17H12Cl2F2N4S. The summed E-state index contributed by atoms with van der Waals surface area (Å²) in [5, 5.41) is 8.16. The lowest BCUT2D eigenvalue weighted by atomic mass is 10.1. The van der Waals surface area contributed by atoms with E-state index in [-0.39, 0.29) is 11.3 Å². The van der Waals surface area contributed by atoms with Gasteiger partial charge in [0.1, 0.15) is 11.7 Å². The van der Waals surface area contributed by atoms with Gasteiger partial charge in [-0.25, -0.2) is 8.78 Å². The summed E-state index contributed by atoms with van der Waals surface area (Å²) in [5.74, 6) is 2.52. The lowest BCUT2D eigenvalue weighted by Crippen LogP contribution is -2.13. The van der Waals surface area contributed by atoms with Crippen molar-refractivity contribution in [2.45, 2.75) is 4.90 Å². The van der Waals surface area contributed by atoms with Crippen molar-refractivity contribution >= 4 is 46.7 Å². The molecule has 0 saturated heterocycles. The fourth-order valence-corrected chi connectivity index (χ4v) is 2.94. The van der Waals surface area contributed by atoms with E-state index in [0.29, 0.717) is 14.9 Å². The lowest BCUT2D eigenvalue weighted by Gasteiger charge is -2.09. The Morgan fingerprint density at radius 1 is 1.23 bits per heavy atom. The first-order valence-corrected chi connectivity index (χ1v) is 8.55. The molecule has 0 aromatic heterocycles. The van der Waals surface area contributed by atoms with Crippen molar-refractivity contribution in [2.24, 2.45) is 11.5 Å². The molecule has 0 spiro atoms. The average Bonchev–Trinajstić information content (AvgIpc) is 2.59. The number of nitrogens with one attached hydrogen (secondary N) is 2. The van der Waals surface area contributed by atoms with E-state index in [1.807, 2.05) is 0 Å². The summed E-state index contributed by atoms with van der Waals surface area (Å²) in [5.41, 5.74) is 10.0. The first kappa shape index (κ1) is 19.9. The number of anilines is 1. The fourth-order valence-electron chi connectivity index (χ4n) is 1.74. The Hall–Kier alpha value is -2.40. The van der Waals surface area contributed by atoms with E-state index in [1.165, 1.54) is 6.07 Å². The molecule has 9 heteroatoms. The van der Waals surface area contributed by atoms with Gasteiger partial charge in [-0.15, -0.1) is 0 Å². The van der Waals surface area contributed by atoms with Crippen LogP contribution in [0.15, 0.2) is 47.0 Å². The zero-order valence-corrected chi connectivity index (χ0v) is 15.4. The minimum absolute atomic E-state index is 0.00200. The van der Waals surface area contributed by atoms with Crippen molar-refractivity contribution < 1.29 is 8.78 Å². The molecule has 2 aromatic carbocycles. The number of benzene rings is 2. The first-order valence-electron chi connectivity index (χ1n) is 6.97. The van der Waals surface area contributed by atoms with Crippen LogP contribution < -0.4 is 16.2 Å². The number of nitrogens with two attached hydrogens (primary N) is 2. The predicted octanol–water partition coefficient (Wildman–Crippen LogP) is 4.52. The van der Waals surface area contributed by atoms with Gasteiger partial charge in [0.05, 0.1) is 21.8 Å². The quantitative estimate of drug-likeness (QED) is 0.257. The highest BCUT2D eigenvalue weighted by atomic mass is 35.5. The summed E-state index contributed by atoms with van der Waals surface area (Å²) in [4.78, 5) is 0.570. The Morgan fingerprint density at radius 2 is 1.96 bits per heavy atom. The van der Waals surface area contributed by atoms with Crippen molar-refractivity contribution in [3.05, 3.63) is 69.3 Å². The number of rotatable bonds is 4. The Bertz CT molecular complexity index is 952. The Balaban J connectivity index is 2.31. The molecule has 2 rings (SSSR count). The van der Waals surface area contributed by atoms with E-state index in [9.17, 15) is 8.78 Å². The highest BCUT2D eigenvalue weighted by Crippen LogP contribution is 2.32. The highest BCUT2D eigenvalue weighted by Gasteiger charge is 2.13. The Morgan fingerprint density at radius 3 is 2.62 bits per heavy atom. The van der Waals surface area contributed by atoms with E-state index < -0.39 is 23.0 Å². The van der Waals surface area contributed by atoms with E-state index >= 15 is 0 Å². The van der Waals surface area contributed by atoms with E-state index in [0.717, 1.165) is 24.2 Å². The standard InChI is InChI=1S/C17H12Cl2F2N4S/c18-10-2-4-12(19)15(7-10)26-25-14-6-5-13(20)11(16(14)21)3-1-9(8-22)17(23)24/h2,4-8,25H,22H2,(H3,23,24)/b9-8-. The normalized spacial score (nSPS) is 10.8. The van der Waals surface area contributed by atoms with E-state index in [2.05, 4.69) is 16.6 Å². The summed E-state index contributed by atoms with van der Waals surface area (Å²) < 4.78 is 31.2. The zero-order valence-electron chi connectivity index (χ0n) is 13.0. The molecule has 2 aromatic rings. The smallest absolute Gasteiger partial charge is 0.165 e. The average molecular weight is 413 g/mol. The number of halogens is 4. The Labute approximate surface area is 163 Å². The minimum atomic E-state index is -0.900. The molecule has 0 aliphatic heterocycles. The van der Waals surface area contributed by atoms with Gasteiger partial charge < -0.3 is 16.2 Å². The molecule has 0 unspecified atom stereocenters. The summed E-state index contributed by atoms with van der Waals surface area (Å²) in [6, 6.07) is 7.13. The predicted molar refractivity (Wildman–Crippen MR) is 103 cm³/mol. The van der Waals surface area contributed by atoms with Crippen LogP contribution in [-0.2, 0) is 0 Å². The van der Waals surface area contributed by atoms with Crippen LogP contribution in [0.4, 0.5) is 14.5 Å². The molecule has 6 N–H and O–H groups in total. The third-order valence-electron chi connectivity index (χ3n) is 3.03.